The van der Waals surface area contributed by atoms with Crippen molar-refractivity contribution >= 4 is 40.5 Å². The summed E-state index contributed by atoms with van der Waals surface area (Å²) in [4.78, 5) is 22.3. The molecule has 0 radical (unpaired) electrons. The minimum absolute atomic E-state index is 0.142. The first-order valence-electron chi connectivity index (χ1n) is 12.1. The molecule has 1 saturated carbocycles. The van der Waals surface area contributed by atoms with Crippen LogP contribution in [0.1, 0.15) is 43.0 Å². The molecule has 0 saturated heterocycles. The summed E-state index contributed by atoms with van der Waals surface area (Å²) < 4.78 is 0. The van der Waals surface area contributed by atoms with Gasteiger partial charge in [0.15, 0.2) is 0 Å². The van der Waals surface area contributed by atoms with Crippen molar-refractivity contribution in [2.75, 3.05) is 11.1 Å². The number of thioether (sulfide) groups is 1. The number of nitrogens with one attached hydrogen (secondary N) is 1. The molecule has 3 aromatic rings. The lowest BCUT2D eigenvalue weighted by Gasteiger charge is -2.44. The minimum Gasteiger partial charge on any atom is -0.387 e. The van der Waals surface area contributed by atoms with Gasteiger partial charge in [-0.25, -0.2) is 9.98 Å². The first kappa shape index (κ1) is 24.3. The summed E-state index contributed by atoms with van der Waals surface area (Å²) in [6.45, 7) is 0. The van der Waals surface area contributed by atoms with Gasteiger partial charge in [-0.1, -0.05) is 79.6 Å². The Balaban J connectivity index is 1.44. The molecule has 8 heteroatoms. The Labute approximate surface area is 219 Å². The Morgan fingerprint density at radius 1 is 1.11 bits per heavy atom. The fourth-order valence-electron chi connectivity index (χ4n) is 5.24. The summed E-state index contributed by atoms with van der Waals surface area (Å²) in [6.07, 6.45) is 4.91. The average Bonchev–Trinajstić information content (AvgIpc) is 3.38. The predicted molar refractivity (Wildman–Crippen MR) is 148 cm³/mol. The number of amidine groups is 1. The largest absolute Gasteiger partial charge is 0.387 e. The second-order valence-corrected chi connectivity index (χ2v) is 11.0. The summed E-state index contributed by atoms with van der Waals surface area (Å²) in [7, 11) is 0. The molecule has 36 heavy (non-hydrogen) atoms. The van der Waals surface area contributed by atoms with Gasteiger partial charge in [0.2, 0.25) is 5.91 Å². The number of amides is 1. The van der Waals surface area contributed by atoms with E-state index >= 15 is 0 Å². The monoisotopic (exact) mass is 513 g/mol. The number of benzene rings is 2. The maximum atomic E-state index is 12.6. The van der Waals surface area contributed by atoms with Gasteiger partial charge in [0.1, 0.15) is 15.9 Å². The number of carbonyl (C=O) groups is 1. The third kappa shape index (κ3) is 4.81. The lowest BCUT2D eigenvalue weighted by molar-refractivity contribution is -0.113. The van der Waals surface area contributed by atoms with Gasteiger partial charge in [-0.3, -0.25) is 4.79 Å². The van der Waals surface area contributed by atoms with Gasteiger partial charge in [-0.05, 0) is 25.0 Å². The molecule has 1 aromatic heterocycles. The van der Waals surface area contributed by atoms with Crippen LogP contribution in [0.2, 0.25) is 0 Å². The Morgan fingerprint density at radius 2 is 1.81 bits per heavy atom. The van der Waals surface area contributed by atoms with Crippen molar-refractivity contribution in [2.24, 2.45) is 16.1 Å². The molecule has 1 fully saturated rings. The Morgan fingerprint density at radius 3 is 2.50 bits per heavy atom. The van der Waals surface area contributed by atoms with E-state index in [2.05, 4.69) is 16.8 Å². The van der Waals surface area contributed by atoms with E-state index in [1.165, 1.54) is 11.8 Å². The second kappa shape index (κ2) is 10.7. The van der Waals surface area contributed by atoms with Crippen LogP contribution in [0.5, 0.6) is 0 Å². The molecule has 182 valence electrons. The van der Waals surface area contributed by atoms with Gasteiger partial charge < -0.3 is 11.1 Å². The van der Waals surface area contributed by atoms with E-state index in [0.717, 1.165) is 54.1 Å². The summed E-state index contributed by atoms with van der Waals surface area (Å²) in [5.74, 6) is 0.257. The number of thiazole rings is 1. The summed E-state index contributed by atoms with van der Waals surface area (Å²) >= 11 is 2.87. The Hall–Kier alpha value is -3.41. The summed E-state index contributed by atoms with van der Waals surface area (Å²) in [5, 5.41) is 16.8. The van der Waals surface area contributed by atoms with Crippen molar-refractivity contribution in [1.29, 1.82) is 5.26 Å². The van der Waals surface area contributed by atoms with E-state index in [1.807, 2.05) is 60.7 Å². The van der Waals surface area contributed by atoms with Crippen LogP contribution in [0.15, 0.2) is 81.6 Å². The molecule has 0 bridgehead atoms. The second-order valence-electron chi connectivity index (χ2n) is 9.12. The van der Waals surface area contributed by atoms with Crippen LogP contribution in [-0.4, -0.2) is 22.5 Å². The van der Waals surface area contributed by atoms with Crippen molar-refractivity contribution in [2.45, 2.75) is 38.0 Å². The van der Waals surface area contributed by atoms with Crippen molar-refractivity contribution < 1.29 is 4.79 Å². The molecule has 2 heterocycles. The molecule has 2 aromatic carbocycles. The molecule has 1 atom stereocenters. The maximum Gasteiger partial charge on any atom is 0.234 e. The number of carbonyl (C=O) groups excluding carboxylic acids is 1. The van der Waals surface area contributed by atoms with Crippen LogP contribution >= 0.6 is 23.1 Å². The molecule has 2 aliphatic rings. The number of nitriles is 1. The lowest BCUT2D eigenvalue weighted by Crippen LogP contribution is -2.43. The molecule has 1 aliphatic heterocycles. The summed E-state index contributed by atoms with van der Waals surface area (Å²) in [5.41, 5.74) is 9.58. The van der Waals surface area contributed by atoms with Crippen molar-refractivity contribution in [3.63, 3.8) is 0 Å². The predicted octanol–water partition coefficient (Wildman–Crippen LogP) is 6.32. The Bertz CT molecular complexity index is 1340. The van der Waals surface area contributed by atoms with Gasteiger partial charge >= 0.3 is 0 Å². The van der Waals surface area contributed by atoms with Crippen LogP contribution in [0.3, 0.4) is 0 Å². The zero-order valence-corrected chi connectivity index (χ0v) is 21.4. The lowest BCUT2D eigenvalue weighted by atomic mass is 9.61. The zero-order chi connectivity index (χ0) is 25.0. The molecule has 0 unspecified atom stereocenters. The van der Waals surface area contributed by atoms with Crippen LogP contribution < -0.4 is 11.1 Å². The van der Waals surface area contributed by atoms with Gasteiger partial charge in [-0.2, -0.15) is 5.26 Å². The van der Waals surface area contributed by atoms with Gasteiger partial charge in [0, 0.05) is 22.0 Å². The quantitative estimate of drug-likeness (QED) is 0.401. The molecular formula is C28H27N5OS2. The van der Waals surface area contributed by atoms with Gasteiger partial charge in [0.25, 0.3) is 0 Å². The third-order valence-corrected chi connectivity index (χ3v) is 8.77. The molecule has 1 spiro atoms. The van der Waals surface area contributed by atoms with E-state index in [9.17, 15) is 10.1 Å². The number of nitrogens with two attached hydrogens (primary N) is 1. The molecule has 5 rings (SSSR count). The molecule has 1 aliphatic carbocycles. The van der Waals surface area contributed by atoms with Crippen molar-refractivity contribution in [3.05, 3.63) is 81.7 Å². The van der Waals surface area contributed by atoms with Gasteiger partial charge in [0.05, 0.1) is 29.0 Å². The number of rotatable bonds is 6. The Kier molecular flexibility index (Phi) is 7.21. The maximum absolute atomic E-state index is 12.6. The third-order valence-electron chi connectivity index (χ3n) is 6.88. The van der Waals surface area contributed by atoms with E-state index in [1.54, 1.807) is 11.3 Å². The smallest absolute Gasteiger partial charge is 0.234 e. The SMILES string of the molecule is N#CC1=C(SCC(=O)Nc2ccccc2)N=C(N)[C@@H](c2nc(-c3ccccc3)cs2)C12CCCCC2. The van der Waals surface area contributed by atoms with Gasteiger partial charge in [-0.15, -0.1) is 11.3 Å². The zero-order valence-electron chi connectivity index (χ0n) is 19.8. The van der Waals surface area contributed by atoms with Crippen LogP contribution in [0.4, 0.5) is 5.69 Å². The molecule has 1 amide bonds. The fraction of sp³-hybridized carbons (Fsp3) is 0.286. The highest BCUT2D eigenvalue weighted by atomic mass is 32.2. The van der Waals surface area contributed by atoms with Crippen molar-refractivity contribution in [3.8, 4) is 17.3 Å². The molecule has 3 N–H and O–H groups in total. The van der Waals surface area contributed by atoms with Crippen molar-refractivity contribution in [1.82, 2.24) is 4.98 Å². The average molecular weight is 514 g/mol. The number of aromatic nitrogens is 1. The van der Waals surface area contributed by atoms with E-state index in [0.29, 0.717) is 16.4 Å². The minimum atomic E-state index is -0.442. The summed E-state index contributed by atoms with van der Waals surface area (Å²) in [6, 6.07) is 21.9. The number of anilines is 1. The molecule has 6 nitrogen and oxygen atoms in total. The first-order valence-corrected chi connectivity index (χ1v) is 13.9. The normalized spacial score (nSPS) is 19.0. The van der Waals surface area contributed by atoms with E-state index in [-0.39, 0.29) is 17.6 Å². The van der Waals surface area contributed by atoms with Crippen LogP contribution in [0, 0.1) is 16.7 Å². The van der Waals surface area contributed by atoms with Crippen LogP contribution in [-0.2, 0) is 4.79 Å². The van der Waals surface area contributed by atoms with Crippen LogP contribution in [0.25, 0.3) is 11.3 Å². The topological polar surface area (TPSA) is 104 Å². The number of allylic oxidation sites excluding steroid dienone is 1. The fourth-order valence-corrected chi connectivity index (χ4v) is 7.20. The highest BCUT2D eigenvalue weighted by Gasteiger charge is 2.50. The highest BCUT2D eigenvalue weighted by Crippen LogP contribution is 2.56. The highest BCUT2D eigenvalue weighted by molar-refractivity contribution is 8.03. The standard InChI is InChI=1S/C28H27N5OS2/c29-16-21-26(36-18-23(34)31-20-12-6-2-7-13-20)33-25(30)24(28(21)14-8-3-9-15-28)27-32-22(17-35-27)19-10-4-1-5-11-19/h1-2,4-7,10-13,17,24H,3,8-9,14-15,18H2,(H2,30,33)(H,31,34)/t24-/m0/s1. The number of nitrogens with zero attached hydrogens (tertiary/aromatic N) is 3. The van der Waals surface area contributed by atoms with E-state index < -0.39 is 5.41 Å². The number of hydrogen-bond acceptors (Lipinski definition) is 7. The molecular weight excluding hydrogens is 486 g/mol. The van der Waals surface area contributed by atoms with E-state index in [4.69, 9.17) is 15.7 Å². The first-order chi connectivity index (χ1) is 17.6. The number of aliphatic imine (C=N–C) groups is 1. The number of hydrogen-bond donors (Lipinski definition) is 2. The number of para-hydroxylation sites is 1.